The van der Waals surface area contributed by atoms with Gasteiger partial charge in [0.1, 0.15) is 17.9 Å². The molecule has 4 aromatic rings. The first-order chi connectivity index (χ1) is 23.3. The van der Waals surface area contributed by atoms with Crippen LogP contribution in [0.2, 0.25) is 0 Å². The number of aliphatic hydroxyl groups excluding tert-OH is 1. The number of aromatic nitrogens is 2. The van der Waals surface area contributed by atoms with Crippen molar-refractivity contribution in [3.05, 3.63) is 90.3 Å². The Morgan fingerprint density at radius 1 is 1.00 bits per heavy atom. The molecule has 5 rings (SSSR count). The van der Waals surface area contributed by atoms with Crippen molar-refractivity contribution in [2.75, 3.05) is 0 Å². The smallest absolute Gasteiger partial charge is 0.242 e. The number of para-hydroxylation sites is 1. The van der Waals surface area contributed by atoms with Crippen LogP contribution in [0.1, 0.15) is 88.2 Å². The largest absolute Gasteiger partial charge is 0.467 e. The summed E-state index contributed by atoms with van der Waals surface area (Å²) >= 11 is 0. The third kappa shape index (κ3) is 9.79. The van der Waals surface area contributed by atoms with E-state index in [1.165, 1.54) is 12.7 Å². The molecule has 5 N–H and O–H groups in total. The van der Waals surface area contributed by atoms with Crippen molar-refractivity contribution in [2.45, 2.75) is 96.4 Å². The number of aliphatic hydroxyl groups is 1. The normalized spacial score (nSPS) is 16.2. The van der Waals surface area contributed by atoms with E-state index in [0.717, 1.165) is 47.7 Å². The van der Waals surface area contributed by atoms with Gasteiger partial charge in [-0.3, -0.25) is 19.4 Å². The first kappa shape index (κ1) is 34.9. The van der Waals surface area contributed by atoms with E-state index in [0.29, 0.717) is 37.5 Å². The lowest BCUT2D eigenvalue weighted by Crippen LogP contribution is -2.53. The predicted octanol–water partition coefficient (Wildman–Crippen LogP) is 5.74. The molecule has 1 aliphatic rings. The third-order valence-electron chi connectivity index (χ3n) is 9.35. The van der Waals surface area contributed by atoms with Crippen molar-refractivity contribution >= 4 is 28.6 Å². The van der Waals surface area contributed by atoms with Crippen LogP contribution in [0, 0.1) is 17.8 Å². The summed E-state index contributed by atoms with van der Waals surface area (Å²) in [5.41, 5.74) is 2.73. The summed E-state index contributed by atoms with van der Waals surface area (Å²) in [6.45, 7) is 4.30. The number of benzene rings is 1. The molecule has 3 aromatic heterocycles. The van der Waals surface area contributed by atoms with Gasteiger partial charge in [0.05, 0.1) is 18.2 Å². The fraction of sp³-hybridized carbons (Fsp3) is 0.474. The highest BCUT2D eigenvalue weighted by Crippen LogP contribution is 2.31. The Morgan fingerprint density at radius 2 is 1.81 bits per heavy atom. The summed E-state index contributed by atoms with van der Waals surface area (Å²) in [6.07, 6.45) is 12.6. The maximum Gasteiger partial charge on any atom is 0.242 e. The van der Waals surface area contributed by atoms with Crippen LogP contribution in [-0.2, 0) is 27.3 Å². The minimum Gasteiger partial charge on any atom is -0.467 e. The van der Waals surface area contributed by atoms with E-state index in [-0.39, 0.29) is 30.1 Å². The van der Waals surface area contributed by atoms with Gasteiger partial charge in [0, 0.05) is 42.5 Å². The number of pyridine rings is 1. The van der Waals surface area contributed by atoms with Crippen molar-refractivity contribution in [3.8, 4) is 0 Å². The number of fused-ring (bicyclic) bond motifs is 1. The maximum absolute atomic E-state index is 14.1. The topological polar surface area (TPSA) is 149 Å². The molecule has 0 saturated heterocycles. The van der Waals surface area contributed by atoms with E-state index in [2.05, 4.69) is 25.9 Å². The first-order valence-corrected chi connectivity index (χ1v) is 17.3. The molecule has 4 atom stereocenters. The summed E-state index contributed by atoms with van der Waals surface area (Å²) in [7, 11) is 0. The summed E-state index contributed by atoms with van der Waals surface area (Å²) in [5, 5.41) is 21.3. The maximum atomic E-state index is 14.1. The fourth-order valence-corrected chi connectivity index (χ4v) is 6.81. The van der Waals surface area contributed by atoms with Gasteiger partial charge in [0.25, 0.3) is 0 Å². The summed E-state index contributed by atoms with van der Waals surface area (Å²) in [5.74, 6) is -0.828. The summed E-state index contributed by atoms with van der Waals surface area (Å²) in [4.78, 5) is 48.6. The van der Waals surface area contributed by atoms with E-state index in [1.807, 2.05) is 56.4 Å². The lowest BCUT2D eigenvalue weighted by atomic mass is 9.83. The minimum atomic E-state index is -1.01. The number of hydrogen-bond acceptors (Lipinski definition) is 6. The average Bonchev–Trinajstić information content (AvgIpc) is 3.78. The van der Waals surface area contributed by atoms with E-state index in [9.17, 15) is 19.5 Å². The molecule has 0 unspecified atom stereocenters. The lowest BCUT2D eigenvalue weighted by molar-refractivity contribution is -0.134. The second-order valence-electron chi connectivity index (χ2n) is 13.6. The van der Waals surface area contributed by atoms with E-state index in [4.69, 9.17) is 4.42 Å². The number of H-pyrrole nitrogens is 1. The van der Waals surface area contributed by atoms with Crippen LogP contribution in [0.15, 0.2) is 77.8 Å². The van der Waals surface area contributed by atoms with E-state index in [1.54, 1.807) is 24.5 Å². The number of amides is 3. The second kappa shape index (κ2) is 17.1. The standard InChI is InChI=1S/C38H49N5O5/c1-25(2)18-33(38(47)42-32(19-26-10-4-3-5-11-26)36(45)34-15-9-17-48-34)43-37(46)28(20-29-24-40-31-14-7-6-13-30(29)31)21-35(44)41-23-27-12-8-16-39-22-27/h6-9,12-17,22,24-26,28,32-33,36,40,45H,3-5,10-11,18-21,23H2,1-2H3,(H,41,44)(H,42,47)(H,43,46)/t28-,32+,33+,36-/m1/s1. The monoisotopic (exact) mass is 655 g/mol. The quantitative estimate of drug-likeness (QED) is 0.104. The van der Waals surface area contributed by atoms with Crippen LogP contribution in [0.5, 0.6) is 0 Å². The highest BCUT2D eigenvalue weighted by Gasteiger charge is 2.33. The van der Waals surface area contributed by atoms with Crippen LogP contribution < -0.4 is 16.0 Å². The number of nitrogens with one attached hydrogen (secondary N) is 4. The van der Waals surface area contributed by atoms with Crippen molar-refractivity contribution < 1.29 is 23.9 Å². The number of carbonyl (C=O) groups is 3. The molecule has 10 nitrogen and oxygen atoms in total. The molecule has 1 aliphatic carbocycles. The van der Waals surface area contributed by atoms with Gasteiger partial charge in [-0.15, -0.1) is 0 Å². The van der Waals surface area contributed by atoms with E-state index < -0.39 is 24.1 Å². The minimum absolute atomic E-state index is 0.0524. The lowest BCUT2D eigenvalue weighted by Gasteiger charge is -2.31. The molecule has 0 spiro atoms. The molecule has 1 fully saturated rings. The molecular weight excluding hydrogens is 606 g/mol. The van der Waals surface area contributed by atoms with E-state index >= 15 is 0 Å². The molecule has 10 heteroatoms. The van der Waals surface area contributed by atoms with Crippen molar-refractivity contribution in [2.24, 2.45) is 17.8 Å². The number of hydrogen-bond donors (Lipinski definition) is 5. The molecular formula is C38H49N5O5. The summed E-state index contributed by atoms with van der Waals surface area (Å²) in [6, 6.07) is 13.6. The zero-order chi connectivity index (χ0) is 33.9. The number of aromatic amines is 1. The van der Waals surface area contributed by atoms with Crippen LogP contribution in [0.3, 0.4) is 0 Å². The highest BCUT2D eigenvalue weighted by atomic mass is 16.4. The number of nitrogens with zero attached hydrogens (tertiary/aromatic N) is 1. The fourth-order valence-electron chi connectivity index (χ4n) is 6.81. The Labute approximate surface area is 282 Å². The van der Waals surface area contributed by atoms with Crippen molar-refractivity contribution in [1.82, 2.24) is 25.9 Å². The molecule has 1 aromatic carbocycles. The Balaban J connectivity index is 1.32. The van der Waals surface area contributed by atoms with Crippen LogP contribution in [0.4, 0.5) is 0 Å². The van der Waals surface area contributed by atoms with Gasteiger partial charge >= 0.3 is 0 Å². The predicted molar refractivity (Wildman–Crippen MR) is 184 cm³/mol. The van der Waals surface area contributed by atoms with Gasteiger partial charge in [0.15, 0.2) is 0 Å². The van der Waals surface area contributed by atoms with Gasteiger partial charge in [-0.2, -0.15) is 0 Å². The molecule has 0 aliphatic heterocycles. The number of furan rings is 1. The SMILES string of the molecule is CC(C)C[C@H](NC(=O)[C@@H](CC(=O)NCc1cccnc1)Cc1c[nH]c2ccccc12)C(=O)N[C@@H](CC1CCCCC1)[C@@H](O)c1ccco1. The van der Waals surface area contributed by atoms with Gasteiger partial charge < -0.3 is 30.5 Å². The first-order valence-electron chi connectivity index (χ1n) is 17.3. The van der Waals surface area contributed by atoms with Gasteiger partial charge in [0.2, 0.25) is 17.7 Å². The molecule has 3 heterocycles. The highest BCUT2D eigenvalue weighted by molar-refractivity contribution is 5.91. The summed E-state index contributed by atoms with van der Waals surface area (Å²) < 4.78 is 5.52. The Hall–Kier alpha value is -4.44. The molecule has 1 saturated carbocycles. The van der Waals surface area contributed by atoms with Crippen molar-refractivity contribution in [1.29, 1.82) is 0 Å². The zero-order valence-corrected chi connectivity index (χ0v) is 28.0. The number of rotatable bonds is 16. The average molecular weight is 656 g/mol. The van der Waals surface area contributed by atoms with Crippen LogP contribution in [0.25, 0.3) is 10.9 Å². The zero-order valence-electron chi connectivity index (χ0n) is 28.0. The number of carbonyl (C=O) groups excluding carboxylic acids is 3. The Kier molecular flexibility index (Phi) is 12.4. The van der Waals surface area contributed by atoms with Crippen LogP contribution in [-0.4, -0.2) is 44.9 Å². The Morgan fingerprint density at radius 3 is 2.54 bits per heavy atom. The Bertz CT molecular complexity index is 1600. The molecule has 0 radical (unpaired) electrons. The molecule has 256 valence electrons. The van der Waals surface area contributed by atoms with Crippen LogP contribution >= 0.6 is 0 Å². The molecule has 0 bridgehead atoms. The van der Waals surface area contributed by atoms with Gasteiger partial charge in [-0.25, -0.2) is 0 Å². The van der Waals surface area contributed by atoms with Gasteiger partial charge in [-0.05, 0) is 66.5 Å². The molecule has 48 heavy (non-hydrogen) atoms. The van der Waals surface area contributed by atoms with Gasteiger partial charge in [-0.1, -0.05) is 70.2 Å². The third-order valence-corrected chi connectivity index (χ3v) is 9.35. The van der Waals surface area contributed by atoms with Crippen molar-refractivity contribution in [3.63, 3.8) is 0 Å². The molecule has 3 amide bonds. The second-order valence-corrected chi connectivity index (χ2v) is 13.6.